The Morgan fingerprint density at radius 1 is 1.05 bits per heavy atom. The van der Waals surface area contributed by atoms with Crippen LogP contribution in [0.15, 0.2) is 41.6 Å². The third-order valence-electron chi connectivity index (χ3n) is 5.09. The Bertz CT molecular complexity index is 1120. The lowest BCUT2D eigenvalue weighted by Crippen LogP contribution is -2.71. The van der Waals surface area contributed by atoms with E-state index in [1.165, 1.54) is 16.7 Å². The number of nitrogens with one attached hydrogen (secondary N) is 2. The van der Waals surface area contributed by atoms with E-state index in [1.54, 1.807) is 30.3 Å². The summed E-state index contributed by atoms with van der Waals surface area (Å²) in [6.07, 6.45) is -1.02. The number of esters is 1. The number of alkyl carbamates (subject to hydrolysis) is 1. The summed E-state index contributed by atoms with van der Waals surface area (Å²) < 4.78 is 6.29. The number of nitrogens with zero attached hydrogens (tertiary/aromatic N) is 1. The first kappa shape index (κ1) is 31.7. The van der Waals surface area contributed by atoms with E-state index in [4.69, 9.17) is 79.1 Å². The van der Waals surface area contributed by atoms with Gasteiger partial charge in [0.15, 0.2) is 0 Å². The average molecular weight is 733 g/mol. The lowest BCUT2D eigenvalue weighted by atomic mass is 10.0. The number of β-lactam (4-membered cyclic amide) rings is 1. The minimum Gasteiger partial charge on any atom is -0.456 e. The van der Waals surface area contributed by atoms with Crippen LogP contribution in [0.1, 0.15) is 11.6 Å². The lowest BCUT2D eigenvalue weighted by molar-refractivity contribution is -0.153. The molecule has 2 N–H and O–H groups in total. The van der Waals surface area contributed by atoms with Gasteiger partial charge < -0.3 is 20.1 Å². The molecule has 3 atom stereocenters. The van der Waals surface area contributed by atoms with Gasteiger partial charge in [0.2, 0.25) is 13.5 Å². The van der Waals surface area contributed by atoms with Crippen molar-refractivity contribution in [3.05, 3.63) is 47.2 Å². The minimum absolute atomic E-state index is 0.0170. The number of hydrogen-bond donors (Lipinski definition) is 2. The van der Waals surface area contributed by atoms with Gasteiger partial charge in [-0.15, -0.1) is 11.8 Å². The number of benzene rings is 1. The molecule has 0 radical (unpaired) electrons. The SMILES string of the molecule is O=C(NC(C(=O)N[C@@H]1C(=O)N2C(C(=O)OCC(Cl)(Cl)Cl)=C(CBr)CS[C@H]12)c1ccccc1)OCC(Cl)(Cl)Cl. The van der Waals surface area contributed by atoms with Crippen LogP contribution >= 0.6 is 97.3 Å². The van der Waals surface area contributed by atoms with Crippen LogP contribution < -0.4 is 10.6 Å². The van der Waals surface area contributed by atoms with Crippen molar-refractivity contribution in [2.75, 3.05) is 24.3 Å². The van der Waals surface area contributed by atoms with E-state index >= 15 is 0 Å². The summed E-state index contributed by atoms with van der Waals surface area (Å²) in [5.74, 6) is -1.72. The van der Waals surface area contributed by atoms with Crippen LogP contribution in [0, 0.1) is 0 Å². The monoisotopic (exact) mass is 729 g/mol. The fraction of sp³-hybridized carbons (Fsp3) is 0.429. The molecule has 3 rings (SSSR count). The van der Waals surface area contributed by atoms with Gasteiger partial charge in [-0.25, -0.2) is 9.59 Å². The maximum Gasteiger partial charge on any atom is 0.408 e. The lowest BCUT2D eigenvalue weighted by Gasteiger charge is -2.49. The number of carbonyl (C=O) groups is 4. The first-order valence-electron chi connectivity index (χ1n) is 10.5. The highest BCUT2D eigenvalue weighted by Crippen LogP contribution is 2.41. The maximum absolute atomic E-state index is 13.3. The fourth-order valence-electron chi connectivity index (χ4n) is 3.48. The average Bonchev–Trinajstić information content (AvgIpc) is 2.86. The molecule has 1 unspecified atom stereocenters. The number of hydrogen-bond acceptors (Lipinski definition) is 7. The Labute approximate surface area is 260 Å². The smallest absolute Gasteiger partial charge is 0.408 e. The number of amides is 3. The predicted molar refractivity (Wildman–Crippen MR) is 151 cm³/mol. The zero-order valence-electron chi connectivity index (χ0n) is 18.9. The summed E-state index contributed by atoms with van der Waals surface area (Å²) in [4.78, 5) is 52.7. The molecule has 3 amide bonds. The number of thioether (sulfide) groups is 1. The van der Waals surface area contributed by atoms with Crippen molar-refractivity contribution in [2.24, 2.45) is 0 Å². The van der Waals surface area contributed by atoms with Gasteiger partial charge in [-0.2, -0.15) is 0 Å². The van der Waals surface area contributed by atoms with Crippen LogP contribution in [0.25, 0.3) is 0 Å². The Morgan fingerprint density at radius 3 is 2.24 bits per heavy atom. The van der Waals surface area contributed by atoms with Gasteiger partial charge in [0, 0.05) is 11.1 Å². The van der Waals surface area contributed by atoms with E-state index in [2.05, 4.69) is 26.6 Å². The van der Waals surface area contributed by atoms with Gasteiger partial charge in [0.1, 0.15) is 36.4 Å². The quantitative estimate of drug-likeness (QED) is 0.225. The van der Waals surface area contributed by atoms with Crippen LogP contribution in [-0.4, -0.2) is 72.1 Å². The topological polar surface area (TPSA) is 114 Å². The molecule has 1 aromatic carbocycles. The third-order valence-corrected chi connectivity index (χ3v) is 7.76. The summed E-state index contributed by atoms with van der Waals surface area (Å²) in [5.41, 5.74) is 1.02. The Hall–Kier alpha value is -0.790. The highest BCUT2D eigenvalue weighted by atomic mass is 79.9. The largest absolute Gasteiger partial charge is 0.456 e. The zero-order chi connectivity index (χ0) is 28.3. The second kappa shape index (κ2) is 13.2. The molecule has 208 valence electrons. The molecule has 2 aliphatic rings. The molecule has 1 aromatic rings. The van der Waals surface area contributed by atoms with Crippen LogP contribution in [0.2, 0.25) is 0 Å². The molecule has 0 bridgehead atoms. The van der Waals surface area contributed by atoms with E-state index in [0.29, 0.717) is 22.2 Å². The Balaban J connectivity index is 1.74. The summed E-state index contributed by atoms with van der Waals surface area (Å²) in [5, 5.41) is 4.73. The number of rotatable bonds is 8. The van der Waals surface area contributed by atoms with Gasteiger partial charge >= 0.3 is 12.1 Å². The first-order chi connectivity index (χ1) is 17.7. The normalized spacial score (nSPS) is 20.2. The minimum atomic E-state index is -1.85. The van der Waals surface area contributed by atoms with Crippen LogP contribution in [0.3, 0.4) is 0 Å². The summed E-state index contributed by atoms with van der Waals surface area (Å²) >= 11 is 38.5. The van der Waals surface area contributed by atoms with Gasteiger partial charge in [-0.1, -0.05) is 116 Å². The predicted octanol–water partition coefficient (Wildman–Crippen LogP) is 4.79. The molecule has 9 nitrogen and oxygen atoms in total. The third kappa shape index (κ3) is 8.36. The number of halogens is 7. The second-order valence-corrected chi connectivity index (χ2v) is 14.6. The molecule has 1 saturated heterocycles. The highest BCUT2D eigenvalue weighted by Gasteiger charge is 2.54. The van der Waals surface area contributed by atoms with Crippen LogP contribution in [-0.2, 0) is 23.9 Å². The second-order valence-electron chi connectivity index (χ2n) is 7.85. The number of carbonyl (C=O) groups excluding carboxylic acids is 4. The molecule has 38 heavy (non-hydrogen) atoms. The molecule has 0 spiro atoms. The van der Waals surface area contributed by atoms with Crippen molar-refractivity contribution in [3.63, 3.8) is 0 Å². The molecular weight excluding hydrogens is 715 g/mol. The molecule has 17 heteroatoms. The standard InChI is InChI=1S/C21H18BrCl6N3O6S/c22-6-11-7-38-17-13(16(33)31(17)14(11)18(34)36-8-20(23,24)25)29-15(32)12(10-4-2-1-3-5-10)30-19(35)37-9-21(26,27)28/h1-5,12-13,17H,6-9H2,(H,29,32)(H,30,35)/t12?,13-,17-/m1/s1. The van der Waals surface area contributed by atoms with E-state index in [9.17, 15) is 19.2 Å². The molecule has 0 saturated carbocycles. The van der Waals surface area contributed by atoms with Crippen molar-refractivity contribution in [1.82, 2.24) is 15.5 Å². The van der Waals surface area contributed by atoms with Gasteiger partial charge in [-0.3, -0.25) is 14.5 Å². The Kier molecular flexibility index (Phi) is 11.1. The molecule has 0 aliphatic carbocycles. The van der Waals surface area contributed by atoms with Gasteiger partial charge in [-0.05, 0) is 11.1 Å². The van der Waals surface area contributed by atoms with Crippen molar-refractivity contribution in [2.45, 2.75) is 25.0 Å². The van der Waals surface area contributed by atoms with Crippen molar-refractivity contribution in [3.8, 4) is 0 Å². The van der Waals surface area contributed by atoms with Crippen LogP contribution in [0.4, 0.5) is 4.79 Å². The zero-order valence-corrected chi connectivity index (χ0v) is 25.8. The van der Waals surface area contributed by atoms with Crippen molar-refractivity contribution in [1.29, 1.82) is 0 Å². The highest BCUT2D eigenvalue weighted by molar-refractivity contribution is 9.09. The van der Waals surface area contributed by atoms with E-state index < -0.39 is 62.1 Å². The van der Waals surface area contributed by atoms with Gasteiger partial charge in [0.25, 0.3) is 5.91 Å². The summed E-state index contributed by atoms with van der Waals surface area (Å²) in [6.45, 7) is -1.07. The summed E-state index contributed by atoms with van der Waals surface area (Å²) in [7, 11) is 0. The van der Waals surface area contributed by atoms with E-state index in [-0.39, 0.29) is 5.70 Å². The number of fused-ring (bicyclic) bond motifs is 1. The maximum atomic E-state index is 13.3. The number of ether oxygens (including phenoxy) is 2. The Morgan fingerprint density at radius 2 is 1.66 bits per heavy atom. The van der Waals surface area contributed by atoms with Gasteiger partial charge in [0.05, 0.1) is 0 Å². The van der Waals surface area contributed by atoms with Crippen molar-refractivity contribution < 1.29 is 28.7 Å². The summed E-state index contributed by atoms with van der Waals surface area (Å²) in [6, 6.07) is 6.03. The molecular formula is C21H18BrCl6N3O6S. The molecule has 0 aromatic heterocycles. The van der Waals surface area contributed by atoms with Crippen molar-refractivity contribution >= 4 is 121 Å². The molecule has 2 aliphatic heterocycles. The molecule has 2 heterocycles. The van der Waals surface area contributed by atoms with Crippen LogP contribution in [0.5, 0.6) is 0 Å². The molecule has 1 fully saturated rings. The number of alkyl halides is 7. The fourth-order valence-corrected chi connectivity index (χ4v) is 5.88. The van der Waals surface area contributed by atoms with E-state index in [1.807, 2.05) is 0 Å². The first-order valence-corrected chi connectivity index (χ1v) is 15.0. The van der Waals surface area contributed by atoms with E-state index in [0.717, 1.165) is 0 Å².